The third-order valence-corrected chi connectivity index (χ3v) is 4.59. The molecule has 0 bridgehead atoms. The fraction of sp³-hybridized carbons (Fsp3) is 0.294. The zero-order valence-corrected chi connectivity index (χ0v) is 13.2. The summed E-state index contributed by atoms with van der Waals surface area (Å²) < 4.78 is 19.7. The van der Waals surface area contributed by atoms with Gasteiger partial charge in [-0.2, -0.15) is 0 Å². The number of hydrogen-bond donors (Lipinski definition) is 1. The number of halogens is 2. The maximum Gasteiger partial charge on any atom is 0.145 e. The van der Waals surface area contributed by atoms with Crippen molar-refractivity contribution in [2.24, 2.45) is 0 Å². The van der Waals surface area contributed by atoms with Crippen LogP contribution in [0.5, 0.6) is 5.75 Å². The molecule has 3 rings (SSSR count). The highest BCUT2D eigenvalue weighted by Gasteiger charge is 2.20. The maximum absolute atomic E-state index is 13.6. The molecule has 4 heteroatoms. The van der Waals surface area contributed by atoms with Crippen LogP contribution in [0, 0.1) is 5.82 Å². The van der Waals surface area contributed by atoms with Crippen LogP contribution in [-0.2, 0) is 6.42 Å². The molecule has 0 heterocycles. The van der Waals surface area contributed by atoms with E-state index in [1.165, 1.54) is 17.2 Å². The van der Waals surface area contributed by atoms with Crippen molar-refractivity contribution in [3.63, 3.8) is 0 Å². The third-order valence-electron chi connectivity index (χ3n) is 3.99. The SMILES string of the molecule is Nc1cc(Br)c(F)cc1OCC1CCCc2ccccc21. The van der Waals surface area contributed by atoms with Crippen LogP contribution in [0.1, 0.15) is 29.9 Å². The summed E-state index contributed by atoms with van der Waals surface area (Å²) in [7, 11) is 0. The van der Waals surface area contributed by atoms with Gasteiger partial charge in [-0.25, -0.2) is 4.39 Å². The summed E-state index contributed by atoms with van der Waals surface area (Å²) in [6, 6.07) is 11.4. The molecule has 1 aliphatic carbocycles. The fourth-order valence-electron chi connectivity index (χ4n) is 2.89. The molecule has 2 nitrogen and oxygen atoms in total. The van der Waals surface area contributed by atoms with Gasteiger partial charge in [0.25, 0.3) is 0 Å². The maximum atomic E-state index is 13.6. The second-order valence-electron chi connectivity index (χ2n) is 5.40. The third kappa shape index (κ3) is 3.05. The van der Waals surface area contributed by atoms with Gasteiger partial charge in [-0.3, -0.25) is 0 Å². The van der Waals surface area contributed by atoms with Crippen molar-refractivity contribution in [2.45, 2.75) is 25.2 Å². The predicted molar refractivity (Wildman–Crippen MR) is 86.1 cm³/mol. The van der Waals surface area contributed by atoms with E-state index in [1.807, 2.05) is 0 Å². The number of rotatable bonds is 3. The lowest BCUT2D eigenvalue weighted by molar-refractivity contribution is 0.275. The largest absolute Gasteiger partial charge is 0.491 e. The van der Waals surface area contributed by atoms with Crippen molar-refractivity contribution in [2.75, 3.05) is 12.3 Å². The molecule has 21 heavy (non-hydrogen) atoms. The van der Waals surface area contributed by atoms with E-state index >= 15 is 0 Å². The number of ether oxygens (including phenoxy) is 1. The minimum Gasteiger partial charge on any atom is -0.491 e. The number of benzene rings is 2. The molecule has 2 N–H and O–H groups in total. The van der Waals surface area contributed by atoms with Crippen LogP contribution in [-0.4, -0.2) is 6.61 Å². The summed E-state index contributed by atoms with van der Waals surface area (Å²) in [6.07, 6.45) is 3.38. The Morgan fingerprint density at radius 2 is 2.10 bits per heavy atom. The molecule has 0 saturated heterocycles. The molecule has 110 valence electrons. The molecule has 1 aliphatic rings. The Labute approximate surface area is 132 Å². The average Bonchev–Trinajstić information content (AvgIpc) is 2.49. The van der Waals surface area contributed by atoms with Crippen molar-refractivity contribution < 1.29 is 9.13 Å². The Balaban J connectivity index is 1.76. The highest BCUT2D eigenvalue weighted by molar-refractivity contribution is 9.10. The molecule has 0 fully saturated rings. The average molecular weight is 350 g/mol. The second-order valence-corrected chi connectivity index (χ2v) is 6.26. The first-order chi connectivity index (χ1) is 10.1. The molecule has 1 unspecified atom stereocenters. The summed E-state index contributed by atoms with van der Waals surface area (Å²) in [5, 5.41) is 0. The van der Waals surface area contributed by atoms with Gasteiger partial charge in [0.2, 0.25) is 0 Å². The van der Waals surface area contributed by atoms with E-state index in [4.69, 9.17) is 10.5 Å². The predicted octanol–water partition coefficient (Wildman–Crippen LogP) is 4.67. The van der Waals surface area contributed by atoms with Crippen LogP contribution in [0.4, 0.5) is 10.1 Å². The first kappa shape index (κ1) is 14.4. The van der Waals surface area contributed by atoms with E-state index < -0.39 is 0 Å². The molecule has 2 aromatic rings. The summed E-state index contributed by atoms with van der Waals surface area (Å²) in [5.41, 5.74) is 9.07. The van der Waals surface area contributed by atoms with Crippen LogP contribution in [0.25, 0.3) is 0 Å². The molecular formula is C17H17BrFNO. The number of fused-ring (bicyclic) bond motifs is 1. The van der Waals surface area contributed by atoms with Gasteiger partial charge in [0, 0.05) is 12.0 Å². The minimum atomic E-state index is -0.358. The first-order valence-electron chi connectivity index (χ1n) is 7.10. The number of anilines is 1. The summed E-state index contributed by atoms with van der Waals surface area (Å²) >= 11 is 3.12. The number of aryl methyl sites for hydroxylation is 1. The molecular weight excluding hydrogens is 333 g/mol. The quantitative estimate of drug-likeness (QED) is 0.817. The van der Waals surface area contributed by atoms with Gasteiger partial charge in [-0.15, -0.1) is 0 Å². The van der Waals surface area contributed by atoms with Gasteiger partial charge in [0.15, 0.2) is 0 Å². The zero-order valence-electron chi connectivity index (χ0n) is 11.6. The van der Waals surface area contributed by atoms with Gasteiger partial charge in [0.05, 0.1) is 16.8 Å². The Hall–Kier alpha value is -1.55. The first-order valence-corrected chi connectivity index (χ1v) is 7.89. The molecule has 0 spiro atoms. The summed E-state index contributed by atoms with van der Waals surface area (Å²) in [5.74, 6) is 0.406. The van der Waals surface area contributed by atoms with Crippen LogP contribution < -0.4 is 10.5 Å². The van der Waals surface area contributed by atoms with Gasteiger partial charge < -0.3 is 10.5 Å². The van der Waals surface area contributed by atoms with E-state index in [0.29, 0.717) is 28.4 Å². The van der Waals surface area contributed by atoms with Crippen molar-refractivity contribution >= 4 is 21.6 Å². The molecule has 0 amide bonds. The minimum absolute atomic E-state index is 0.348. The van der Waals surface area contributed by atoms with Crippen molar-refractivity contribution in [1.82, 2.24) is 0 Å². The van der Waals surface area contributed by atoms with E-state index in [1.54, 1.807) is 6.07 Å². The zero-order chi connectivity index (χ0) is 14.8. The van der Waals surface area contributed by atoms with Crippen LogP contribution in [0.2, 0.25) is 0 Å². The Kier molecular flexibility index (Phi) is 4.15. The van der Waals surface area contributed by atoms with Crippen LogP contribution in [0.3, 0.4) is 0 Å². The Morgan fingerprint density at radius 1 is 1.29 bits per heavy atom. The smallest absolute Gasteiger partial charge is 0.145 e. The molecule has 2 aromatic carbocycles. The number of nitrogen functional groups attached to an aromatic ring is 1. The van der Waals surface area contributed by atoms with Gasteiger partial charge in [-0.1, -0.05) is 24.3 Å². The molecule has 1 atom stereocenters. The van der Waals surface area contributed by atoms with Crippen molar-refractivity contribution in [1.29, 1.82) is 0 Å². The van der Waals surface area contributed by atoms with Crippen molar-refractivity contribution in [3.8, 4) is 5.75 Å². The lowest BCUT2D eigenvalue weighted by Crippen LogP contribution is -2.17. The van der Waals surface area contributed by atoms with E-state index in [2.05, 4.69) is 40.2 Å². The van der Waals surface area contributed by atoms with Crippen LogP contribution in [0.15, 0.2) is 40.9 Å². The van der Waals surface area contributed by atoms with E-state index in [9.17, 15) is 4.39 Å². The van der Waals surface area contributed by atoms with Gasteiger partial charge in [0.1, 0.15) is 11.6 Å². The second kappa shape index (κ2) is 6.06. The summed E-state index contributed by atoms with van der Waals surface area (Å²) in [4.78, 5) is 0. The molecule has 0 radical (unpaired) electrons. The lowest BCUT2D eigenvalue weighted by Gasteiger charge is -2.25. The van der Waals surface area contributed by atoms with Gasteiger partial charge in [-0.05, 0) is 52.4 Å². The number of nitrogens with two attached hydrogens (primary N) is 1. The number of hydrogen-bond acceptors (Lipinski definition) is 2. The van der Waals surface area contributed by atoms with E-state index in [0.717, 1.165) is 19.3 Å². The normalized spacial score (nSPS) is 17.3. The Bertz CT molecular complexity index is 659. The lowest BCUT2D eigenvalue weighted by atomic mass is 9.83. The topological polar surface area (TPSA) is 35.2 Å². The van der Waals surface area contributed by atoms with E-state index in [-0.39, 0.29) is 5.82 Å². The summed E-state index contributed by atoms with van der Waals surface area (Å²) in [6.45, 7) is 0.530. The van der Waals surface area contributed by atoms with Gasteiger partial charge >= 0.3 is 0 Å². The Morgan fingerprint density at radius 3 is 2.95 bits per heavy atom. The standard InChI is InChI=1S/C17H17BrFNO/c18-14-8-16(20)17(9-15(14)19)21-10-12-6-3-5-11-4-1-2-7-13(11)12/h1-2,4,7-9,12H,3,5-6,10,20H2. The molecule has 0 aromatic heterocycles. The monoisotopic (exact) mass is 349 g/mol. The van der Waals surface area contributed by atoms with Crippen molar-refractivity contribution in [3.05, 3.63) is 57.8 Å². The highest BCUT2D eigenvalue weighted by Crippen LogP contribution is 2.34. The molecule has 0 aliphatic heterocycles. The molecule has 0 saturated carbocycles. The fourth-order valence-corrected chi connectivity index (χ4v) is 3.25. The highest BCUT2D eigenvalue weighted by atomic mass is 79.9. The van der Waals surface area contributed by atoms with Crippen LogP contribution >= 0.6 is 15.9 Å².